The third-order valence-corrected chi connectivity index (χ3v) is 3.85. The van der Waals surface area contributed by atoms with E-state index in [2.05, 4.69) is 12.2 Å². The Bertz CT molecular complexity index is 914. The molecule has 0 radical (unpaired) electrons. The van der Waals surface area contributed by atoms with Crippen molar-refractivity contribution in [3.8, 4) is 0 Å². The fourth-order valence-electron chi connectivity index (χ4n) is 2.59. The van der Waals surface area contributed by atoms with Gasteiger partial charge in [0.1, 0.15) is 11.3 Å². The van der Waals surface area contributed by atoms with Gasteiger partial charge in [-0.3, -0.25) is 14.9 Å². The van der Waals surface area contributed by atoms with E-state index in [9.17, 15) is 14.9 Å². The van der Waals surface area contributed by atoms with Gasteiger partial charge < -0.3 is 9.73 Å². The number of benzene rings is 2. The number of nitro groups is 1. The number of furan rings is 1. The van der Waals surface area contributed by atoms with E-state index in [-0.39, 0.29) is 23.7 Å². The van der Waals surface area contributed by atoms with E-state index in [1.807, 2.05) is 18.2 Å². The Balaban J connectivity index is 1.82. The second-order valence-corrected chi connectivity index (χ2v) is 5.44. The molecule has 0 spiro atoms. The van der Waals surface area contributed by atoms with Crippen LogP contribution in [0.25, 0.3) is 11.0 Å². The van der Waals surface area contributed by atoms with Crippen LogP contribution in [0.5, 0.6) is 0 Å². The van der Waals surface area contributed by atoms with E-state index in [1.54, 1.807) is 18.4 Å². The van der Waals surface area contributed by atoms with Gasteiger partial charge in [-0.1, -0.05) is 25.1 Å². The number of para-hydroxylation sites is 2. The molecular weight excluding hydrogens is 308 g/mol. The molecular formula is C18H16N2O4. The number of amides is 1. The molecule has 2 aromatic carbocycles. The average Bonchev–Trinajstić information content (AvgIpc) is 2.97. The van der Waals surface area contributed by atoms with Crippen LogP contribution in [0, 0.1) is 10.1 Å². The molecule has 3 rings (SSSR count). The molecule has 0 aliphatic carbocycles. The fraction of sp³-hybridized carbons (Fsp3) is 0.167. The molecule has 1 amide bonds. The van der Waals surface area contributed by atoms with Crippen molar-refractivity contribution in [2.24, 2.45) is 0 Å². The Labute approximate surface area is 138 Å². The summed E-state index contributed by atoms with van der Waals surface area (Å²) < 4.78 is 5.47. The van der Waals surface area contributed by atoms with Crippen LogP contribution >= 0.6 is 0 Å². The summed E-state index contributed by atoms with van der Waals surface area (Å²) in [6.45, 7) is 2.06. The number of aryl methyl sites for hydroxylation is 1. The molecule has 6 heteroatoms. The van der Waals surface area contributed by atoms with Gasteiger partial charge in [-0.25, -0.2) is 0 Å². The standard InChI is InChI=1S/C18H16N2O4/c1-2-12-7-8-17-14(9-12)13(11-24-17)10-18(21)19-15-5-3-4-6-16(15)20(22)23/h3-9,11H,2,10H2,1H3,(H,19,21). The minimum atomic E-state index is -0.517. The number of nitrogens with one attached hydrogen (secondary N) is 1. The summed E-state index contributed by atoms with van der Waals surface area (Å²) in [6, 6.07) is 12.0. The van der Waals surface area contributed by atoms with Crippen molar-refractivity contribution in [3.05, 3.63) is 70.0 Å². The fourth-order valence-corrected chi connectivity index (χ4v) is 2.59. The Kier molecular flexibility index (Phi) is 4.29. The summed E-state index contributed by atoms with van der Waals surface area (Å²) in [7, 11) is 0. The van der Waals surface area contributed by atoms with Crippen LogP contribution in [0.1, 0.15) is 18.1 Å². The predicted molar refractivity (Wildman–Crippen MR) is 91.0 cm³/mol. The van der Waals surface area contributed by atoms with Gasteiger partial charge in [-0.15, -0.1) is 0 Å². The highest BCUT2D eigenvalue weighted by molar-refractivity contribution is 5.96. The highest BCUT2D eigenvalue weighted by Crippen LogP contribution is 2.26. The first-order valence-electron chi connectivity index (χ1n) is 7.60. The zero-order valence-corrected chi connectivity index (χ0v) is 13.1. The van der Waals surface area contributed by atoms with Crippen molar-refractivity contribution in [3.63, 3.8) is 0 Å². The monoisotopic (exact) mass is 324 g/mol. The number of rotatable bonds is 5. The molecule has 6 nitrogen and oxygen atoms in total. The molecule has 0 saturated heterocycles. The molecule has 0 unspecified atom stereocenters. The van der Waals surface area contributed by atoms with Gasteiger partial charge in [0.15, 0.2) is 0 Å². The van der Waals surface area contributed by atoms with Crippen molar-refractivity contribution in [1.29, 1.82) is 0 Å². The summed E-state index contributed by atoms with van der Waals surface area (Å²) in [5.74, 6) is -0.325. The number of nitro benzene ring substituents is 1. The van der Waals surface area contributed by atoms with Crippen LogP contribution in [0.3, 0.4) is 0 Å². The number of carbonyl (C=O) groups excluding carboxylic acids is 1. The Hall–Kier alpha value is -3.15. The zero-order valence-electron chi connectivity index (χ0n) is 13.1. The smallest absolute Gasteiger partial charge is 0.292 e. The minimum Gasteiger partial charge on any atom is -0.464 e. The van der Waals surface area contributed by atoms with Crippen LogP contribution < -0.4 is 5.32 Å². The molecule has 0 saturated carbocycles. The molecule has 24 heavy (non-hydrogen) atoms. The van der Waals surface area contributed by atoms with Crippen molar-refractivity contribution in [2.45, 2.75) is 19.8 Å². The number of hydrogen-bond acceptors (Lipinski definition) is 4. The quantitative estimate of drug-likeness (QED) is 0.566. The normalized spacial score (nSPS) is 10.7. The van der Waals surface area contributed by atoms with E-state index >= 15 is 0 Å². The van der Waals surface area contributed by atoms with Gasteiger partial charge in [-0.2, -0.15) is 0 Å². The Morgan fingerprint density at radius 2 is 2.04 bits per heavy atom. The van der Waals surface area contributed by atoms with Gasteiger partial charge in [-0.05, 0) is 30.2 Å². The molecule has 1 aromatic heterocycles. The first kappa shape index (κ1) is 15.7. The average molecular weight is 324 g/mol. The second-order valence-electron chi connectivity index (χ2n) is 5.44. The lowest BCUT2D eigenvalue weighted by atomic mass is 10.1. The maximum Gasteiger partial charge on any atom is 0.292 e. The Morgan fingerprint density at radius 3 is 2.79 bits per heavy atom. The molecule has 3 aromatic rings. The summed E-state index contributed by atoms with van der Waals surface area (Å²) in [5.41, 5.74) is 2.70. The molecule has 1 heterocycles. The molecule has 122 valence electrons. The van der Waals surface area contributed by atoms with Crippen LogP contribution in [0.4, 0.5) is 11.4 Å². The van der Waals surface area contributed by atoms with E-state index < -0.39 is 4.92 Å². The minimum absolute atomic E-state index is 0.0895. The zero-order chi connectivity index (χ0) is 17.1. The molecule has 0 fully saturated rings. The first-order chi connectivity index (χ1) is 11.6. The van der Waals surface area contributed by atoms with Crippen LogP contribution in [-0.4, -0.2) is 10.8 Å². The topological polar surface area (TPSA) is 85.4 Å². The first-order valence-corrected chi connectivity index (χ1v) is 7.60. The lowest BCUT2D eigenvalue weighted by Gasteiger charge is -2.05. The van der Waals surface area contributed by atoms with Gasteiger partial charge in [0.25, 0.3) is 5.69 Å². The highest BCUT2D eigenvalue weighted by Gasteiger charge is 2.16. The number of hydrogen-bond donors (Lipinski definition) is 1. The van der Waals surface area contributed by atoms with E-state index in [4.69, 9.17) is 4.42 Å². The van der Waals surface area contributed by atoms with E-state index in [0.29, 0.717) is 0 Å². The third kappa shape index (κ3) is 3.12. The van der Waals surface area contributed by atoms with Crippen molar-refractivity contribution in [2.75, 3.05) is 5.32 Å². The SMILES string of the molecule is CCc1ccc2occ(CC(=O)Nc3ccccc3[N+](=O)[O-])c2c1. The van der Waals surface area contributed by atoms with Crippen LogP contribution in [-0.2, 0) is 17.6 Å². The van der Waals surface area contributed by atoms with Gasteiger partial charge in [0.05, 0.1) is 17.6 Å². The number of anilines is 1. The van der Waals surface area contributed by atoms with E-state index in [1.165, 1.54) is 12.1 Å². The maximum absolute atomic E-state index is 12.3. The number of fused-ring (bicyclic) bond motifs is 1. The molecule has 0 atom stereocenters. The van der Waals surface area contributed by atoms with Crippen molar-refractivity contribution < 1.29 is 14.1 Å². The maximum atomic E-state index is 12.3. The van der Waals surface area contributed by atoms with Gasteiger partial charge in [0, 0.05) is 17.0 Å². The lowest BCUT2D eigenvalue weighted by Crippen LogP contribution is -2.15. The van der Waals surface area contributed by atoms with Crippen LogP contribution in [0.15, 0.2) is 53.1 Å². The molecule has 0 aliphatic rings. The third-order valence-electron chi connectivity index (χ3n) is 3.85. The van der Waals surface area contributed by atoms with Crippen LogP contribution in [0.2, 0.25) is 0 Å². The van der Waals surface area contributed by atoms with E-state index in [0.717, 1.165) is 28.5 Å². The summed E-state index contributed by atoms with van der Waals surface area (Å²) in [5, 5.41) is 14.5. The predicted octanol–water partition coefficient (Wildman–Crippen LogP) is 4.08. The number of nitrogens with zero attached hydrogens (tertiary/aromatic N) is 1. The summed E-state index contributed by atoms with van der Waals surface area (Å²) >= 11 is 0. The summed E-state index contributed by atoms with van der Waals surface area (Å²) in [4.78, 5) is 22.8. The Morgan fingerprint density at radius 1 is 1.25 bits per heavy atom. The molecule has 0 aliphatic heterocycles. The van der Waals surface area contributed by atoms with Crippen molar-refractivity contribution >= 4 is 28.3 Å². The van der Waals surface area contributed by atoms with Gasteiger partial charge >= 0.3 is 0 Å². The highest BCUT2D eigenvalue weighted by atomic mass is 16.6. The molecule has 1 N–H and O–H groups in total. The second kappa shape index (κ2) is 6.54. The molecule has 0 bridgehead atoms. The van der Waals surface area contributed by atoms with Crippen molar-refractivity contribution in [1.82, 2.24) is 0 Å². The van der Waals surface area contributed by atoms with Gasteiger partial charge in [0.2, 0.25) is 5.91 Å². The summed E-state index contributed by atoms with van der Waals surface area (Å²) in [6.07, 6.45) is 2.54. The lowest BCUT2D eigenvalue weighted by molar-refractivity contribution is -0.383. The largest absolute Gasteiger partial charge is 0.464 e. The number of carbonyl (C=O) groups is 1.